The highest BCUT2D eigenvalue weighted by Gasteiger charge is 2.26. The zero-order valence-electron chi connectivity index (χ0n) is 10.1. The molecule has 1 unspecified atom stereocenters. The lowest BCUT2D eigenvalue weighted by molar-refractivity contribution is 0.0726. The van der Waals surface area contributed by atoms with Crippen molar-refractivity contribution >= 4 is 0 Å². The number of likely N-dealkylation sites (N-methyl/N-ethyl adjacent to an activating group) is 1. The molecule has 0 bridgehead atoms. The molecule has 3 nitrogen and oxygen atoms in total. The van der Waals surface area contributed by atoms with E-state index in [9.17, 15) is 0 Å². The van der Waals surface area contributed by atoms with Crippen LogP contribution in [0.3, 0.4) is 0 Å². The molecule has 0 amide bonds. The normalized spacial score (nSPS) is 26.8. The molecule has 2 N–H and O–H groups in total. The van der Waals surface area contributed by atoms with Crippen LogP contribution in [0.1, 0.15) is 27.7 Å². The number of rotatable bonds is 3. The molecule has 0 radical (unpaired) electrons. The van der Waals surface area contributed by atoms with E-state index in [0.717, 1.165) is 13.1 Å². The monoisotopic (exact) mass is 199 g/mol. The van der Waals surface area contributed by atoms with E-state index < -0.39 is 0 Å². The highest BCUT2D eigenvalue weighted by Crippen LogP contribution is 2.12. The van der Waals surface area contributed by atoms with Gasteiger partial charge in [-0.25, -0.2) is 0 Å². The Bertz CT molecular complexity index is 174. The van der Waals surface area contributed by atoms with Gasteiger partial charge in [-0.05, 0) is 27.3 Å². The van der Waals surface area contributed by atoms with Crippen molar-refractivity contribution in [1.82, 2.24) is 9.80 Å². The molecule has 1 rings (SSSR count). The van der Waals surface area contributed by atoms with Gasteiger partial charge in [0.1, 0.15) is 0 Å². The first-order valence-electron chi connectivity index (χ1n) is 5.67. The van der Waals surface area contributed by atoms with E-state index in [1.54, 1.807) is 0 Å². The van der Waals surface area contributed by atoms with Crippen LogP contribution >= 0.6 is 0 Å². The molecule has 0 aromatic heterocycles. The zero-order chi connectivity index (χ0) is 10.8. The van der Waals surface area contributed by atoms with Crippen LogP contribution < -0.4 is 5.73 Å². The quantitative estimate of drug-likeness (QED) is 0.728. The summed E-state index contributed by atoms with van der Waals surface area (Å²) in [6.45, 7) is 14.5. The predicted octanol–water partition coefficient (Wildman–Crippen LogP) is 0.750. The van der Waals surface area contributed by atoms with E-state index in [1.807, 2.05) is 0 Å². The standard InChI is InChI=1S/C11H25N3/c1-5-13-6-7-14(10(2)8-13)9-11(3,4)12/h10H,5-9,12H2,1-4H3. The third kappa shape index (κ3) is 3.56. The lowest BCUT2D eigenvalue weighted by atomic mass is 10.0. The summed E-state index contributed by atoms with van der Waals surface area (Å²) in [7, 11) is 0. The second kappa shape index (κ2) is 4.60. The van der Waals surface area contributed by atoms with E-state index in [2.05, 4.69) is 37.5 Å². The van der Waals surface area contributed by atoms with Gasteiger partial charge in [0.15, 0.2) is 0 Å². The van der Waals surface area contributed by atoms with E-state index in [0.29, 0.717) is 6.04 Å². The van der Waals surface area contributed by atoms with Crippen molar-refractivity contribution in [2.45, 2.75) is 39.3 Å². The molecule has 1 atom stereocenters. The van der Waals surface area contributed by atoms with Gasteiger partial charge in [0, 0.05) is 37.8 Å². The fourth-order valence-electron chi connectivity index (χ4n) is 2.12. The first-order chi connectivity index (χ1) is 6.42. The van der Waals surface area contributed by atoms with Crippen molar-refractivity contribution in [2.24, 2.45) is 5.73 Å². The second-order valence-electron chi connectivity index (χ2n) is 5.20. The fraction of sp³-hybridized carbons (Fsp3) is 1.00. The number of nitrogens with zero attached hydrogens (tertiary/aromatic N) is 2. The van der Waals surface area contributed by atoms with Crippen molar-refractivity contribution in [3.63, 3.8) is 0 Å². The Hall–Kier alpha value is -0.120. The molecule has 1 aliphatic rings. The molecule has 0 spiro atoms. The Kier molecular flexibility index (Phi) is 3.93. The summed E-state index contributed by atoms with van der Waals surface area (Å²) >= 11 is 0. The van der Waals surface area contributed by atoms with Gasteiger partial charge in [-0.15, -0.1) is 0 Å². The molecule has 84 valence electrons. The first-order valence-corrected chi connectivity index (χ1v) is 5.67. The smallest absolute Gasteiger partial charge is 0.0226 e. The molecular formula is C11H25N3. The molecule has 1 saturated heterocycles. The van der Waals surface area contributed by atoms with E-state index in [1.165, 1.54) is 19.6 Å². The van der Waals surface area contributed by atoms with Crippen LogP contribution in [0, 0.1) is 0 Å². The summed E-state index contributed by atoms with van der Waals surface area (Å²) in [6, 6.07) is 0.645. The van der Waals surface area contributed by atoms with E-state index >= 15 is 0 Å². The van der Waals surface area contributed by atoms with Crippen LogP contribution in [0.5, 0.6) is 0 Å². The third-order valence-electron chi connectivity index (χ3n) is 2.91. The Labute approximate surface area is 88.2 Å². The Morgan fingerprint density at radius 3 is 2.43 bits per heavy atom. The van der Waals surface area contributed by atoms with Crippen molar-refractivity contribution in [1.29, 1.82) is 0 Å². The number of nitrogens with two attached hydrogens (primary N) is 1. The van der Waals surface area contributed by atoms with Crippen LogP contribution in [0.15, 0.2) is 0 Å². The predicted molar refractivity (Wildman–Crippen MR) is 61.4 cm³/mol. The largest absolute Gasteiger partial charge is 0.324 e. The molecule has 0 aromatic rings. The molecule has 0 saturated carbocycles. The minimum Gasteiger partial charge on any atom is -0.324 e. The molecule has 1 fully saturated rings. The minimum absolute atomic E-state index is 0.0668. The number of hydrogen-bond donors (Lipinski definition) is 1. The van der Waals surface area contributed by atoms with Crippen molar-refractivity contribution < 1.29 is 0 Å². The van der Waals surface area contributed by atoms with Crippen LogP contribution in [-0.4, -0.2) is 54.1 Å². The van der Waals surface area contributed by atoms with Gasteiger partial charge < -0.3 is 10.6 Å². The Morgan fingerprint density at radius 1 is 1.36 bits per heavy atom. The highest BCUT2D eigenvalue weighted by molar-refractivity contribution is 4.84. The van der Waals surface area contributed by atoms with E-state index in [4.69, 9.17) is 5.73 Å². The van der Waals surface area contributed by atoms with Crippen LogP contribution in [-0.2, 0) is 0 Å². The molecular weight excluding hydrogens is 174 g/mol. The van der Waals surface area contributed by atoms with Gasteiger partial charge in [0.2, 0.25) is 0 Å². The van der Waals surface area contributed by atoms with Crippen LogP contribution in [0.25, 0.3) is 0 Å². The molecule has 3 heteroatoms. The molecule has 0 aliphatic carbocycles. The van der Waals surface area contributed by atoms with Crippen LogP contribution in [0.4, 0.5) is 0 Å². The van der Waals surface area contributed by atoms with Crippen LogP contribution in [0.2, 0.25) is 0 Å². The molecule has 14 heavy (non-hydrogen) atoms. The van der Waals surface area contributed by atoms with Gasteiger partial charge in [-0.1, -0.05) is 6.92 Å². The average Bonchev–Trinajstić information content (AvgIpc) is 2.06. The summed E-state index contributed by atoms with van der Waals surface area (Å²) in [4.78, 5) is 5.01. The van der Waals surface area contributed by atoms with Crippen molar-refractivity contribution in [2.75, 3.05) is 32.7 Å². The summed E-state index contributed by atoms with van der Waals surface area (Å²) in [5, 5.41) is 0. The molecule has 1 aliphatic heterocycles. The van der Waals surface area contributed by atoms with Gasteiger partial charge in [0.25, 0.3) is 0 Å². The average molecular weight is 199 g/mol. The molecule has 0 aromatic carbocycles. The van der Waals surface area contributed by atoms with Gasteiger partial charge in [-0.2, -0.15) is 0 Å². The Balaban J connectivity index is 2.42. The maximum absolute atomic E-state index is 6.04. The Morgan fingerprint density at radius 2 is 2.00 bits per heavy atom. The maximum atomic E-state index is 6.04. The van der Waals surface area contributed by atoms with Crippen molar-refractivity contribution in [3.8, 4) is 0 Å². The highest BCUT2D eigenvalue weighted by atomic mass is 15.3. The topological polar surface area (TPSA) is 32.5 Å². The SMILES string of the molecule is CCN1CCN(CC(C)(C)N)C(C)C1. The first kappa shape index (κ1) is 12.0. The lowest BCUT2D eigenvalue weighted by Gasteiger charge is -2.42. The molecule has 1 heterocycles. The second-order valence-corrected chi connectivity index (χ2v) is 5.20. The lowest BCUT2D eigenvalue weighted by Crippen LogP contribution is -2.56. The summed E-state index contributed by atoms with van der Waals surface area (Å²) in [5.74, 6) is 0. The zero-order valence-corrected chi connectivity index (χ0v) is 10.1. The van der Waals surface area contributed by atoms with E-state index in [-0.39, 0.29) is 5.54 Å². The number of hydrogen-bond acceptors (Lipinski definition) is 3. The van der Waals surface area contributed by atoms with Gasteiger partial charge >= 0.3 is 0 Å². The minimum atomic E-state index is -0.0668. The maximum Gasteiger partial charge on any atom is 0.0226 e. The summed E-state index contributed by atoms with van der Waals surface area (Å²) in [6.07, 6.45) is 0. The third-order valence-corrected chi connectivity index (χ3v) is 2.91. The van der Waals surface area contributed by atoms with Gasteiger partial charge in [0.05, 0.1) is 0 Å². The fourth-order valence-corrected chi connectivity index (χ4v) is 2.12. The van der Waals surface area contributed by atoms with Gasteiger partial charge in [-0.3, -0.25) is 4.90 Å². The van der Waals surface area contributed by atoms with Crippen molar-refractivity contribution in [3.05, 3.63) is 0 Å². The number of piperazine rings is 1. The summed E-state index contributed by atoms with van der Waals surface area (Å²) < 4.78 is 0. The summed E-state index contributed by atoms with van der Waals surface area (Å²) in [5.41, 5.74) is 5.97.